The minimum Gasteiger partial charge on any atom is -0.497 e. The third-order valence-corrected chi connectivity index (χ3v) is 6.31. The van der Waals surface area contributed by atoms with Gasteiger partial charge in [-0.3, -0.25) is 9.88 Å². The molecule has 1 aliphatic heterocycles. The third-order valence-electron chi connectivity index (χ3n) is 6.31. The van der Waals surface area contributed by atoms with Gasteiger partial charge in [-0.05, 0) is 49.6 Å². The molecule has 7 nitrogen and oxygen atoms in total. The SMILES string of the molecule is COc1ccc(CN2CCCC[C@H]2c2nc(N(C)C)ncc2-c2ccncc2C)c(OC)c1. The highest BCUT2D eigenvalue weighted by molar-refractivity contribution is 5.69. The van der Waals surface area contributed by atoms with Gasteiger partial charge in [0, 0.05) is 56.4 Å². The van der Waals surface area contributed by atoms with E-state index in [1.165, 1.54) is 12.8 Å². The first-order chi connectivity index (χ1) is 16.0. The Morgan fingerprint density at radius 2 is 1.91 bits per heavy atom. The molecule has 4 rings (SSSR count). The van der Waals surface area contributed by atoms with Crippen LogP contribution < -0.4 is 14.4 Å². The zero-order chi connectivity index (χ0) is 23.4. The summed E-state index contributed by atoms with van der Waals surface area (Å²) in [6.07, 6.45) is 9.12. The molecule has 2 aromatic heterocycles. The number of pyridine rings is 1. The number of likely N-dealkylation sites (tertiary alicyclic amines) is 1. The number of aromatic nitrogens is 3. The maximum atomic E-state index is 5.68. The number of aryl methyl sites for hydroxylation is 1. The van der Waals surface area contributed by atoms with Crippen LogP contribution in [0.3, 0.4) is 0 Å². The molecule has 174 valence electrons. The molecule has 0 unspecified atom stereocenters. The van der Waals surface area contributed by atoms with Gasteiger partial charge in [0.1, 0.15) is 11.5 Å². The molecule has 3 aromatic rings. The first kappa shape index (κ1) is 23.0. The lowest BCUT2D eigenvalue weighted by Gasteiger charge is -2.37. The molecule has 3 heterocycles. The largest absolute Gasteiger partial charge is 0.497 e. The summed E-state index contributed by atoms with van der Waals surface area (Å²) in [5.41, 5.74) is 5.57. The molecule has 0 bridgehead atoms. The zero-order valence-electron chi connectivity index (χ0n) is 20.2. The highest BCUT2D eigenvalue weighted by Crippen LogP contribution is 2.39. The second-order valence-corrected chi connectivity index (χ2v) is 8.71. The molecule has 1 fully saturated rings. The van der Waals surface area contributed by atoms with Crippen molar-refractivity contribution in [2.24, 2.45) is 0 Å². The van der Waals surface area contributed by atoms with E-state index in [2.05, 4.69) is 33.9 Å². The van der Waals surface area contributed by atoms with Crippen LogP contribution >= 0.6 is 0 Å². The van der Waals surface area contributed by atoms with E-state index < -0.39 is 0 Å². The molecule has 1 saturated heterocycles. The highest BCUT2D eigenvalue weighted by atomic mass is 16.5. The molecular formula is C26H33N5O2. The molecule has 0 spiro atoms. The molecule has 0 saturated carbocycles. The average Bonchev–Trinajstić information content (AvgIpc) is 2.84. The first-order valence-electron chi connectivity index (χ1n) is 11.4. The third kappa shape index (κ3) is 4.93. The van der Waals surface area contributed by atoms with Crippen LogP contribution in [-0.2, 0) is 6.54 Å². The maximum absolute atomic E-state index is 5.68. The van der Waals surface area contributed by atoms with Crippen LogP contribution in [0.1, 0.15) is 42.1 Å². The van der Waals surface area contributed by atoms with E-state index in [9.17, 15) is 0 Å². The van der Waals surface area contributed by atoms with Gasteiger partial charge in [-0.1, -0.05) is 12.5 Å². The van der Waals surface area contributed by atoms with Crippen LogP contribution in [0.25, 0.3) is 11.1 Å². The number of benzene rings is 1. The molecule has 1 atom stereocenters. The summed E-state index contributed by atoms with van der Waals surface area (Å²) < 4.78 is 11.1. The van der Waals surface area contributed by atoms with Gasteiger partial charge in [0.25, 0.3) is 0 Å². The molecule has 1 aromatic carbocycles. The van der Waals surface area contributed by atoms with E-state index in [4.69, 9.17) is 14.5 Å². The van der Waals surface area contributed by atoms with Gasteiger partial charge in [0.2, 0.25) is 5.95 Å². The number of hydrogen-bond donors (Lipinski definition) is 0. The summed E-state index contributed by atoms with van der Waals surface area (Å²) in [4.78, 5) is 18.5. The Morgan fingerprint density at radius 1 is 1.06 bits per heavy atom. The van der Waals surface area contributed by atoms with E-state index in [1.54, 1.807) is 14.2 Å². The van der Waals surface area contributed by atoms with Crippen molar-refractivity contribution in [3.63, 3.8) is 0 Å². The maximum Gasteiger partial charge on any atom is 0.225 e. The molecule has 0 N–H and O–H groups in total. The number of nitrogens with zero attached hydrogens (tertiary/aromatic N) is 5. The standard InChI is InChI=1S/C26H33N5O2/c1-18-15-27-12-11-21(18)22-16-28-26(30(2)3)29-25(22)23-8-6-7-13-31(23)17-19-9-10-20(32-4)14-24(19)33-5/h9-12,14-16,23H,6-8,13,17H2,1-5H3/t23-/m0/s1. The number of methoxy groups -OCH3 is 2. The Bertz CT molecular complexity index is 1100. The predicted molar refractivity (Wildman–Crippen MR) is 131 cm³/mol. The molecule has 0 radical (unpaired) electrons. The highest BCUT2D eigenvalue weighted by Gasteiger charge is 2.29. The van der Waals surface area contributed by atoms with Crippen molar-refractivity contribution in [3.05, 3.63) is 59.7 Å². The predicted octanol–water partition coefficient (Wildman–Crippen LogP) is 4.66. The summed E-state index contributed by atoms with van der Waals surface area (Å²) in [5.74, 6) is 2.38. The number of rotatable bonds is 7. The quantitative estimate of drug-likeness (QED) is 0.522. The van der Waals surface area contributed by atoms with Crippen molar-refractivity contribution in [2.45, 2.75) is 38.8 Å². The Labute approximate surface area is 196 Å². The van der Waals surface area contributed by atoms with Crippen molar-refractivity contribution in [2.75, 3.05) is 39.8 Å². The Kier molecular flexibility index (Phi) is 7.08. The number of hydrogen-bond acceptors (Lipinski definition) is 7. The summed E-state index contributed by atoms with van der Waals surface area (Å²) in [5, 5.41) is 0. The van der Waals surface area contributed by atoms with Crippen molar-refractivity contribution in [3.8, 4) is 22.6 Å². The number of ether oxygens (including phenoxy) is 2. The van der Waals surface area contributed by atoms with E-state index in [1.807, 2.05) is 49.7 Å². The minimum atomic E-state index is 0.190. The van der Waals surface area contributed by atoms with E-state index in [-0.39, 0.29) is 6.04 Å². The van der Waals surface area contributed by atoms with Crippen molar-refractivity contribution < 1.29 is 9.47 Å². The molecular weight excluding hydrogens is 414 g/mol. The Balaban J connectivity index is 1.76. The summed E-state index contributed by atoms with van der Waals surface area (Å²) in [7, 11) is 7.36. The van der Waals surface area contributed by atoms with Crippen molar-refractivity contribution in [1.82, 2.24) is 19.9 Å². The van der Waals surface area contributed by atoms with Crippen LogP contribution in [0.5, 0.6) is 11.5 Å². The summed E-state index contributed by atoms with van der Waals surface area (Å²) >= 11 is 0. The Morgan fingerprint density at radius 3 is 2.64 bits per heavy atom. The summed E-state index contributed by atoms with van der Waals surface area (Å²) in [6, 6.07) is 8.30. The zero-order valence-corrected chi connectivity index (χ0v) is 20.2. The minimum absolute atomic E-state index is 0.190. The fraction of sp³-hybridized carbons (Fsp3) is 0.423. The molecule has 33 heavy (non-hydrogen) atoms. The topological polar surface area (TPSA) is 63.6 Å². The van der Waals surface area contributed by atoms with Crippen LogP contribution in [0.4, 0.5) is 5.95 Å². The van der Waals surface area contributed by atoms with E-state index >= 15 is 0 Å². The van der Waals surface area contributed by atoms with Gasteiger partial charge in [0.05, 0.1) is 26.0 Å². The number of anilines is 1. The van der Waals surface area contributed by atoms with Gasteiger partial charge in [0.15, 0.2) is 0 Å². The van der Waals surface area contributed by atoms with Crippen molar-refractivity contribution >= 4 is 5.95 Å². The van der Waals surface area contributed by atoms with Gasteiger partial charge in [-0.25, -0.2) is 9.97 Å². The smallest absolute Gasteiger partial charge is 0.225 e. The molecule has 1 aliphatic rings. The number of piperidine rings is 1. The lowest BCUT2D eigenvalue weighted by Crippen LogP contribution is -2.34. The fourth-order valence-corrected chi connectivity index (χ4v) is 4.53. The van der Waals surface area contributed by atoms with Crippen LogP contribution in [0.2, 0.25) is 0 Å². The van der Waals surface area contributed by atoms with Gasteiger partial charge in [-0.15, -0.1) is 0 Å². The summed E-state index contributed by atoms with van der Waals surface area (Å²) in [6.45, 7) is 3.89. The second kappa shape index (κ2) is 10.2. The van der Waals surface area contributed by atoms with E-state index in [0.717, 1.165) is 64.9 Å². The Hall–Kier alpha value is -3.19. The van der Waals surface area contributed by atoms with Crippen LogP contribution in [0, 0.1) is 6.92 Å². The molecule has 0 aliphatic carbocycles. The second-order valence-electron chi connectivity index (χ2n) is 8.71. The van der Waals surface area contributed by atoms with Gasteiger partial charge < -0.3 is 14.4 Å². The van der Waals surface area contributed by atoms with E-state index in [0.29, 0.717) is 0 Å². The molecule has 0 amide bonds. The average molecular weight is 448 g/mol. The lowest BCUT2D eigenvalue weighted by atomic mass is 9.92. The lowest BCUT2D eigenvalue weighted by molar-refractivity contribution is 0.136. The molecule has 7 heteroatoms. The monoisotopic (exact) mass is 447 g/mol. The normalized spacial score (nSPS) is 16.5. The van der Waals surface area contributed by atoms with Crippen LogP contribution in [-0.4, -0.2) is 54.7 Å². The fourth-order valence-electron chi connectivity index (χ4n) is 4.53. The van der Waals surface area contributed by atoms with Gasteiger partial charge >= 0.3 is 0 Å². The first-order valence-corrected chi connectivity index (χ1v) is 11.4. The van der Waals surface area contributed by atoms with Crippen LogP contribution in [0.15, 0.2) is 42.9 Å². The van der Waals surface area contributed by atoms with Crippen molar-refractivity contribution in [1.29, 1.82) is 0 Å². The van der Waals surface area contributed by atoms with Gasteiger partial charge in [-0.2, -0.15) is 0 Å².